The summed E-state index contributed by atoms with van der Waals surface area (Å²) >= 11 is 0. The highest BCUT2D eigenvalue weighted by molar-refractivity contribution is 5.93. The molecule has 1 aliphatic heterocycles. The molecular formula is C18H23N3O2. The third-order valence-corrected chi connectivity index (χ3v) is 4.41. The van der Waals surface area contributed by atoms with Gasteiger partial charge in [0.2, 0.25) is 0 Å². The smallest absolute Gasteiger partial charge is 0.272 e. The van der Waals surface area contributed by atoms with Crippen LogP contribution in [0.1, 0.15) is 30.3 Å². The van der Waals surface area contributed by atoms with Crippen LogP contribution in [0.15, 0.2) is 30.3 Å². The lowest BCUT2D eigenvalue weighted by Gasteiger charge is -2.30. The van der Waals surface area contributed by atoms with Crippen molar-refractivity contribution in [2.75, 3.05) is 20.2 Å². The summed E-state index contributed by atoms with van der Waals surface area (Å²) in [6.07, 6.45) is 2.28. The molecule has 0 saturated carbocycles. The van der Waals surface area contributed by atoms with Gasteiger partial charge in [-0.15, -0.1) is 0 Å². The number of ether oxygens (including phenoxy) is 1. The van der Waals surface area contributed by atoms with E-state index in [4.69, 9.17) is 4.74 Å². The summed E-state index contributed by atoms with van der Waals surface area (Å²) in [7, 11) is 3.47. The number of carbonyl (C=O) groups excluding carboxylic acids is 1. The van der Waals surface area contributed by atoms with E-state index in [-0.39, 0.29) is 5.91 Å². The highest BCUT2D eigenvalue weighted by atomic mass is 16.5. The number of benzene rings is 1. The van der Waals surface area contributed by atoms with Crippen LogP contribution < -0.4 is 4.74 Å². The van der Waals surface area contributed by atoms with Crippen LogP contribution in [0.4, 0.5) is 0 Å². The van der Waals surface area contributed by atoms with Crippen LogP contribution in [0.3, 0.4) is 0 Å². The number of amides is 1. The summed E-state index contributed by atoms with van der Waals surface area (Å²) in [5, 5.41) is 4.50. The van der Waals surface area contributed by atoms with E-state index in [9.17, 15) is 4.79 Å². The van der Waals surface area contributed by atoms with Crippen LogP contribution in [0.25, 0.3) is 11.3 Å². The van der Waals surface area contributed by atoms with Crippen molar-refractivity contribution < 1.29 is 9.53 Å². The summed E-state index contributed by atoms with van der Waals surface area (Å²) in [6, 6.07) is 9.60. The van der Waals surface area contributed by atoms with E-state index >= 15 is 0 Å². The highest BCUT2D eigenvalue weighted by Gasteiger charge is 2.24. The molecule has 1 unspecified atom stereocenters. The first-order chi connectivity index (χ1) is 11.1. The molecule has 1 atom stereocenters. The lowest BCUT2D eigenvalue weighted by molar-refractivity contribution is 0.0672. The maximum Gasteiger partial charge on any atom is 0.272 e. The van der Waals surface area contributed by atoms with Crippen molar-refractivity contribution in [1.82, 2.24) is 14.7 Å². The molecule has 0 aliphatic carbocycles. The van der Waals surface area contributed by atoms with Gasteiger partial charge < -0.3 is 9.64 Å². The molecule has 1 aromatic carbocycles. The number of aryl methyl sites for hydroxylation is 1. The van der Waals surface area contributed by atoms with Crippen LogP contribution in [-0.4, -0.2) is 40.8 Å². The number of hydrogen-bond donors (Lipinski definition) is 0. The van der Waals surface area contributed by atoms with Crippen molar-refractivity contribution in [2.45, 2.75) is 19.8 Å². The second kappa shape index (κ2) is 6.44. The Kier molecular flexibility index (Phi) is 4.37. The van der Waals surface area contributed by atoms with Crippen molar-refractivity contribution in [3.05, 3.63) is 36.0 Å². The van der Waals surface area contributed by atoms with E-state index in [0.717, 1.165) is 36.5 Å². The fourth-order valence-corrected chi connectivity index (χ4v) is 3.13. The monoisotopic (exact) mass is 313 g/mol. The Morgan fingerprint density at radius 2 is 2.17 bits per heavy atom. The maximum atomic E-state index is 12.8. The zero-order valence-electron chi connectivity index (χ0n) is 14.0. The van der Waals surface area contributed by atoms with Crippen molar-refractivity contribution in [3.8, 4) is 17.0 Å². The van der Waals surface area contributed by atoms with E-state index in [1.54, 1.807) is 11.8 Å². The second-order valence-corrected chi connectivity index (χ2v) is 6.27. The van der Waals surface area contributed by atoms with Crippen LogP contribution in [0, 0.1) is 5.92 Å². The van der Waals surface area contributed by atoms with Gasteiger partial charge in [-0.3, -0.25) is 9.48 Å². The van der Waals surface area contributed by atoms with Crippen molar-refractivity contribution >= 4 is 5.91 Å². The van der Waals surface area contributed by atoms with E-state index in [1.807, 2.05) is 42.3 Å². The van der Waals surface area contributed by atoms with Gasteiger partial charge in [0.25, 0.3) is 5.91 Å². The van der Waals surface area contributed by atoms with E-state index in [2.05, 4.69) is 12.0 Å². The Morgan fingerprint density at radius 3 is 2.91 bits per heavy atom. The van der Waals surface area contributed by atoms with Gasteiger partial charge in [0.05, 0.1) is 12.8 Å². The number of hydrogen-bond acceptors (Lipinski definition) is 3. The van der Waals surface area contributed by atoms with Crippen molar-refractivity contribution in [2.24, 2.45) is 13.0 Å². The molecule has 5 heteroatoms. The number of rotatable bonds is 3. The molecular weight excluding hydrogens is 290 g/mol. The Bertz CT molecular complexity index is 708. The third kappa shape index (κ3) is 3.23. The number of piperidine rings is 1. The molecule has 5 nitrogen and oxygen atoms in total. The SMILES string of the molecule is COc1cccc(-c2cc(C(=O)N3CCCC(C)C3)n(C)n2)c1. The highest BCUT2D eigenvalue weighted by Crippen LogP contribution is 2.24. The first kappa shape index (κ1) is 15.6. The number of aromatic nitrogens is 2. The Balaban J connectivity index is 1.87. The largest absolute Gasteiger partial charge is 0.497 e. The zero-order valence-corrected chi connectivity index (χ0v) is 14.0. The lowest BCUT2D eigenvalue weighted by atomic mass is 10.00. The third-order valence-electron chi connectivity index (χ3n) is 4.41. The minimum absolute atomic E-state index is 0.0701. The minimum Gasteiger partial charge on any atom is -0.497 e. The quantitative estimate of drug-likeness (QED) is 0.875. The second-order valence-electron chi connectivity index (χ2n) is 6.27. The number of carbonyl (C=O) groups is 1. The lowest BCUT2D eigenvalue weighted by Crippen LogP contribution is -2.39. The molecule has 1 amide bonds. The molecule has 1 fully saturated rings. The minimum atomic E-state index is 0.0701. The first-order valence-electron chi connectivity index (χ1n) is 8.06. The van der Waals surface area contributed by atoms with Crippen molar-refractivity contribution in [3.63, 3.8) is 0 Å². The molecule has 23 heavy (non-hydrogen) atoms. The van der Waals surface area contributed by atoms with Gasteiger partial charge in [-0.25, -0.2) is 0 Å². The van der Waals surface area contributed by atoms with Gasteiger partial charge in [0.1, 0.15) is 11.4 Å². The number of methoxy groups -OCH3 is 1. The topological polar surface area (TPSA) is 47.4 Å². The van der Waals surface area contributed by atoms with Crippen LogP contribution in [0.5, 0.6) is 5.75 Å². The molecule has 1 aromatic heterocycles. The first-order valence-corrected chi connectivity index (χ1v) is 8.06. The molecule has 0 spiro atoms. The van der Waals surface area contributed by atoms with Gasteiger partial charge in [-0.05, 0) is 37.0 Å². The normalized spacial score (nSPS) is 18.0. The number of nitrogens with zero attached hydrogens (tertiary/aromatic N) is 3. The van der Waals surface area contributed by atoms with Gasteiger partial charge in [-0.1, -0.05) is 19.1 Å². The predicted octanol–water partition coefficient (Wildman–Crippen LogP) is 2.97. The molecule has 0 radical (unpaired) electrons. The number of likely N-dealkylation sites (tertiary alicyclic amines) is 1. The van der Waals surface area contributed by atoms with Gasteiger partial charge in [-0.2, -0.15) is 5.10 Å². The summed E-state index contributed by atoms with van der Waals surface area (Å²) in [5.41, 5.74) is 2.38. The van der Waals surface area contributed by atoms with E-state index in [1.165, 1.54) is 6.42 Å². The molecule has 2 aromatic rings. The summed E-state index contributed by atoms with van der Waals surface area (Å²) in [4.78, 5) is 14.7. The van der Waals surface area contributed by atoms with E-state index in [0.29, 0.717) is 11.6 Å². The summed E-state index contributed by atoms with van der Waals surface area (Å²) in [6.45, 7) is 3.87. The van der Waals surface area contributed by atoms with Crippen LogP contribution in [0.2, 0.25) is 0 Å². The standard InChI is InChI=1S/C18H23N3O2/c1-13-6-5-9-21(12-13)18(22)17-11-16(19-20(17)2)14-7-4-8-15(10-14)23-3/h4,7-8,10-11,13H,5-6,9,12H2,1-3H3. The van der Waals surface area contributed by atoms with E-state index < -0.39 is 0 Å². The van der Waals surface area contributed by atoms with Crippen molar-refractivity contribution in [1.29, 1.82) is 0 Å². The Morgan fingerprint density at radius 1 is 1.35 bits per heavy atom. The zero-order chi connectivity index (χ0) is 16.4. The van der Waals surface area contributed by atoms with Crippen LogP contribution >= 0.6 is 0 Å². The fraction of sp³-hybridized carbons (Fsp3) is 0.444. The molecule has 2 heterocycles. The fourth-order valence-electron chi connectivity index (χ4n) is 3.13. The molecule has 1 saturated heterocycles. The summed E-state index contributed by atoms with van der Waals surface area (Å²) < 4.78 is 6.94. The van der Waals surface area contributed by atoms with Gasteiger partial charge >= 0.3 is 0 Å². The van der Waals surface area contributed by atoms with Gasteiger partial charge in [0, 0.05) is 25.7 Å². The average molecular weight is 313 g/mol. The van der Waals surface area contributed by atoms with Gasteiger partial charge in [0.15, 0.2) is 0 Å². The average Bonchev–Trinajstić information content (AvgIpc) is 2.96. The maximum absolute atomic E-state index is 12.8. The summed E-state index contributed by atoms with van der Waals surface area (Å²) in [5.74, 6) is 1.42. The van der Waals surface area contributed by atoms with Crippen LogP contribution in [-0.2, 0) is 7.05 Å². The Hall–Kier alpha value is -2.30. The molecule has 0 bridgehead atoms. The molecule has 0 N–H and O–H groups in total. The molecule has 3 rings (SSSR count). The predicted molar refractivity (Wildman–Crippen MR) is 89.5 cm³/mol. The Labute approximate surface area is 136 Å². The molecule has 122 valence electrons. The molecule has 1 aliphatic rings.